The predicted molar refractivity (Wildman–Crippen MR) is 83.6 cm³/mol. The number of amides is 1. The topological polar surface area (TPSA) is 29.5 Å². The van der Waals surface area contributed by atoms with E-state index in [1.165, 1.54) is 5.56 Å². The Labute approximate surface area is 131 Å². The van der Waals surface area contributed by atoms with Gasteiger partial charge in [-0.25, -0.2) is 0 Å². The van der Waals surface area contributed by atoms with Crippen molar-refractivity contribution < 1.29 is 9.53 Å². The molecular weight excluding hydrogens is 286 g/mol. The third-order valence-electron chi connectivity index (χ3n) is 4.98. The molecule has 1 aromatic rings. The summed E-state index contributed by atoms with van der Waals surface area (Å²) >= 11 is 6.07. The molecule has 4 heteroatoms. The van der Waals surface area contributed by atoms with Crippen molar-refractivity contribution >= 4 is 17.5 Å². The number of carbonyl (C=O) groups excluding carboxylic acids is 1. The highest BCUT2D eigenvalue weighted by Crippen LogP contribution is 2.44. The van der Waals surface area contributed by atoms with E-state index in [1.807, 2.05) is 23.1 Å². The van der Waals surface area contributed by atoms with E-state index in [-0.39, 0.29) is 5.41 Å². The predicted octanol–water partition coefficient (Wildman–Crippen LogP) is 3.47. The molecule has 2 aliphatic rings. The molecule has 21 heavy (non-hydrogen) atoms. The molecular formula is C17H22ClNO2. The number of hydrogen-bond acceptors (Lipinski definition) is 2. The lowest BCUT2D eigenvalue weighted by Gasteiger charge is -2.42. The van der Waals surface area contributed by atoms with Gasteiger partial charge in [0.2, 0.25) is 5.91 Å². The van der Waals surface area contributed by atoms with Crippen molar-refractivity contribution in [3.63, 3.8) is 0 Å². The minimum absolute atomic E-state index is 0.238. The number of methoxy groups -OCH3 is 1. The lowest BCUT2D eigenvalue weighted by atomic mass is 9.68. The van der Waals surface area contributed by atoms with Crippen LogP contribution in [0.25, 0.3) is 0 Å². The normalized spacial score (nSPS) is 23.9. The van der Waals surface area contributed by atoms with Crippen molar-refractivity contribution in [2.45, 2.75) is 31.6 Å². The lowest BCUT2D eigenvalue weighted by Crippen LogP contribution is -2.49. The van der Waals surface area contributed by atoms with Gasteiger partial charge in [-0.15, -0.1) is 0 Å². The van der Waals surface area contributed by atoms with Gasteiger partial charge in [-0.05, 0) is 37.0 Å². The largest absolute Gasteiger partial charge is 0.384 e. The van der Waals surface area contributed by atoms with Gasteiger partial charge in [0.1, 0.15) is 0 Å². The van der Waals surface area contributed by atoms with Crippen molar-refractivity contribution in [2.75, 3.05) is 26.8 Å². The summed E-state index contributed by atoms with van der Waals surface area (Å²) < 4.78 is 5.29. The minimum atomic E-state index is -0.238. The number of carbonyl (C=O) groups is 1. The van der Waals surface area contributed by atoms with Gasteiger partial charge in [-0.3, -0.25) is 4.79 Å². The van der Waals surface area contributed by atoms with Gasteiger partial charge in [-0.1, -0.05) is 30.2 Å². The summed E-state index contributed by atoms with van der Waals surface area (Å²) in [5, 5.41) is 0.770. The minimum Gasteiger partial charge on any atom is -0.384 e. The lowest BCUT2D eigenvalue weighted by molar-refractivity contribution is -0.151. The van der Waals surface area contributed by atoms with Crippen molar-refractivity contribution in [3.8, 4) is 0 Å². The Hall–Kier alpha value is -1.06. The summed E-state index contributed by atoms with van der Waals surface area (Å²) in [6.45, 7) is 2.22. The summed E-state index contributed by atoms with van der Waals surface area (Å²) in [5.74, 6) is 0.701. The summed E-state index contributed by atoms with van der Waals surface area (Å²) in [6, 6.07) is 8.01. The van der Waals surface area contributed by atoms with E-state index in [1.54, 1.807) is 7.11 Å². The maximum Gasteiger partial charge on any atom is 0.231 e. The average molecular weight is 308 g/mol. The fraction of sp³-hybridized carbons (Fsp3) is 0.588. The maximum atomic E-state index is 12.8. The number of hydrogen-bond donors (Lipinski definition) is 0. The molecule has 0 aromatic heterocycles. The van der Waals surface area contributed by atoms with Gasteiger partial charge in [0.25, 0.3) is 0 Å². The quantitative estimate of drug-likeness (QED) is 0.852. The van der Waals surface area contributed by atoms with E-state index in [2.05, 4.69) is 6.07 Å². The molecule has 114 valence electrons. The number of halogens is 1. The van der Waals surface area contributed by atoms with Gasteiger partial charge in [0, 0.05) is 31.1 Å². The van der Waals surface area contributed by atoms with Crippen molar-refractivity contribution in [2.24, 2.45) is 5.41 Å². The van der Waals surface area contributed by atoms with Crippen LogP contribution >= 0.6 is 11.6 Å². The van der Waals surface area contributed by atoms with Crippen LogP contribution in [-0.4, -0.2) is 37.6 Å². The fourth-order valence-electron chi connectivity index (χ4n) is 3.61. The third-order valence-corrected chi connectivity index (χ3v) is 5.22. The molecule has 0 N–H and O–H groups in total. The van der Waals surface area contributed by atoms with Gasteiger partial charge < -0.3 is 9.64 Å². The number of ether oxygens (including phenoxy) is 1. The molecule has 0 radical (unpaired) electrons. The number of rotatable bonds is 4. The van der Waals surface area contributed by atoms with Gasteiger partial charge in [-0.2, -0.15) is 0 Å². The molecule has 3 nitrogen and oxygen atoms in total. The zero-order valence-electron chi connectivity index (χ0n) is 12.5. The first-order valence-corrected chi connectivity index (χ1v) is 8.06. The number of nitrogens with zero attached hydrogens (tertiary/aromatic N) is 1. The van der Waals surface area contributed by atoms with Crippen molar-refractivity contribution in [3.05, 3.63) is 34.9 Å². The van der Waals surface area contributed by atoms with Crippen LogP contribution < -0.4 is 0 Å². The molecule has 3 rings (SSSR count). The molecule has 2 fully saturated rings. The Kier molecular flexibility index (Phi) is 4.23. The molecule has 1 aliphatic carbocycles. The molecule has 1 aromatic carbocycles. The first kappa shape index (κ1) is 14.9. The molecule has 1 atom stereocenters. The van der Waals surface area contributed by atoms with Crippen LogP contribution in [0.5, 0.6) is 0 Å². The second kappa shape index (κ2) is 5.98. The highest BCUT2D eigenvalue weighted by atomic mass is 35.5. The zero-order chi connectivity index (χ0) is 14.9. The monoisotopic (exact) mass is 307 g/mol. The smallest absolute Gasteiger partial charge is 0.231 e. The molecule has 1 aliphatic heterocycles. The Balaban J connectivity index is 1.68. The van der Waals surface area contributed by atoms with E-state index in [9.17, 15) is 4.79 Å². The Morgan fingerprint density at radius 3 is 2.90 bits per heavy atom. The molecule has 1 heterocycles. The highest BCUT2D eigenvalue weighted by Gasteiger charge is 2.47. The second-order valence-corrected chi connectivity index (χ2v) is 6.80. The van der Waals surface area contributed by atoms with E-state index in [4.69, 9.17) is 16.3 Å². The van der Waals surface area contributed by atoms with E-state index >= 15 is 0 Å². The summed E-state index contributed by atoms with van der Waals surface area (Å²) in [4.78, 5) is 14.8. The van der Waals surface area contributed by atoms with E-state index < -0.39 is 0 Å². The molecule has 0 bridgehead atoms. The van der Waals surface area contributed by atoms with Crippen LogP contribution in [-0.2, 0) is 9.53 Å². The Bertz CT molecular complexity index is 527. The van der Waals surface area contributed by atoms with Gasteiger partial charge >= 0.3 is 0 Å². The number of likely N-dealkylation sites (tertiary alicyclic amines) is 1. The first-order valence-electron chi connectivity index (χ1n) is 7.68. The van der Waals surface area contributed by atoms with Crippen LogP contribution in [0.3, 0.4) is 0 Å². The molecule has 1 unspecified atom stereocenters. The maximum absolute atomic E-state index is 12.8. The van der Waals surface area contributed by atoms with Crippen molar-refractivity contribution in [1.82, 2.24) is 4.90 Å². The zero-order valence-corrected chi connectivity index (χ0v) is 13.2. The number of benzene rings is 1. The molecule has 1 saturated carbocycles. The van der Waals surface area contributed by atoms with Crippen molar-refractivity contribution in [1.29, 1.82) is 0 Å². The molecule has 0 spiro atoms. The average Bonchev–Trinajstić information content (AvgIpc) is 2.92. The van der Waals surface area contributed by atoms with Crippen LogP contribution in [0.1, 0.15) is 37.2 Å². The van der Waals surface area contributed by atoms with E-state index in [0.29, 0.717) is 18.4 Å². The SMILES string of the molecule is COCC1(C(=O)N2CCC(c3cccc(Cl)c3)C2)CCC1. The summed E-state index contributed by atoms with van der Waals surface area (Å²) in [6.07, 6.45) is 4.10. The molecule has 1 saturated heterocycles. The molecule has 1 amide bonds. The summed E-state index contributed by atoms with van der Waals surface area (Å²) in [7, 11) is 1.69. The Morgan fingerprint density at radius 1 is 1.48 bits per heavy atom. The highest BCUT2D eigenvalue weighted by molar-refractivity contribution is 6.30. The van der Waals surface area contributed by atoms with Gasteiger partial charge in [0.15, 0.2) is 0 Å². The van der Waals surface area contributed by atoms with Crippen LogP contribution in [0.2, 0.25) is 5.02 Å². The second-order valence-electron chi connectivity index (χ2n) is 6.36. The summed E-state index contributed by atoms with van der Waals surface area (Å²) in [5.41, 5.74) is 1.00. The van der Waals surface area contributed by atoms with E-state index in [0.717, 1.165) is 43.8 Å². The van der Waals surface area contributed by atoms with Crippen LogP contribution in [0.4, 0.5) is 0 Å². The fourth-order valence-corrected chi connectivity index (χ4v) is 3.81. The van der Waals surface area contributed by atoms with Crippen LogP contribution in [0.15, 0.2) is 24.3 Å². The third kappa shape index (κ3) is 2.82. The first-order chi connectivity index (χ1) is 10.1. The standard InChI is InChI=1S/C17H22ClNO2/c1-21-12-17(7-3-8-17)16(20)19-9-6-14(11-19)13-4-2-5-15(18)10-13/h2,4-5,10,14H,3,6-9,11-12H2,1H3. The van der Waals surface area contributed by atoms with Crippen LogP contribution in [0, 0.1) is 5.41 Å². The Morgan fingerprint density at radius 2 is 2.29 bits per heavy atom. The van der Waals surface area contributed by atoms with Gasteiger partial charge in [0.05, 0.1) is 12.0 Å².